The van der Waals surface area contributed by atoms with E-state index in [0.717, 1.165) is 12.1 Å². The maximum absolute atomic E-state index is 13.7. The highest BCUT2D eigenvalue weighted by molar-refractivity contribution is 5.57. The smallest absolute Gasteiger partial charge is 0.383 e. The van der Waals surface area contributed by atoms with Gasteiger partial charge in [0.1, 0.15) is 12.1 Å². The Kier molecular flexibility index (Phi) is 4.03. The van der Waals surface area contributed by atoms with Crippen LogP contribution >= 0.6 is 0 Å². The van der Waals surface area contributed by atoms with E-state index in [9.17, 15) is 17.6 Å². The minimum Gasteiger partial charge on any atom is -0.383 e. The molecule has 1 heterocycles. The number of benzene rings is 1. The number of hydrogen-bond acceptors (Lipinski definition) is 3. The Morgan fingerprint density at radius 1 is 1.30 bits per heavy atom. The predicted molar refractivity (Wildman–Crippen MR) is 62.3 cm³/mol. The second-order valence-corrected chi connectivity index (χ2v) is 4.03. The molecule has 0 radical (unpaired) electrons. The molecule has 0 fully saturated rings. The highest BCUT2D eigenvalue weighted by Gasteiger charge is 2.31. The fourth-order valence-electron chi connectivity index (χ4n) is 1.69. The molecule has 0 unspecified atom stereocenters. The highest BCUT2D eigenvalue weighted by atomic mass is 19.4. The van der Waals surface area contributed by atoms with Crippen molar-refractivity contribution in [2.75, 3.05) is 13.7 Å². The third kappa shape index (κ3) is 2.96. The first-order valence-corrected chi connectivity index (χ1v) is 5.67. The summed E-state index contributed by atoms with van der Waals surface area (Å²) in [5.74, 6) is -0.754. The van der Waals surface area contributed by atoms with Crippen LogP contribution in [0.4, 0.5) is 17.6 Å². The van der Waals surface area contributed by atoms with Crippen molar-refractivity contribution in [3.8, 4) is 11.4 Å². The summed E-state index contributed by atoms with van der Waals surface area (Å²) in [4.78, 5) is 0. The first kappa shape index (κ1) is 14.4. The van der Waals surface area contributed by atoms with Gasteiger partial charge in [0.15, 0.2) is 5.82 Å². The van der Waals surface area contributed by atoms with Gasteiger partial charge >= 0.3 is 6.18 Å². The molecule has 2 aromatic rings. The van der Waals surface area contributed by atoms with Gasteiger partial charge in [-0.05, 0) is 18.2 Å². The Hall–Kier alpha value is -1.96. The SMILES string of the molecule is COCCn1cnnc1-c1cc(C(F)(F)F)ccc1F. The van der Waals surface area contributed by atoms with Crippen molar-refractivity contribution in [2.45, 2.75) is 12.7 Å². The van der Waals surface area contributed by atoms with Gasteiger partial charge in [0, 0.05) is 13.7 Å². The van der Waals surface area contributed by atoms with E-state index in [-0.39, 0.29) is 11.4 Å². The fourth-order valence-corrected chi connectivity index (χ4v) is 1.69. The van der Waals surface area contributed by atoms with Crippen molar-refractivity contribution in [3.63, 3.8) is 0 Å². The minimum absolute atomic E-state index is 0.0330. The van der Waals surface area contributed by atoms with Gasteiger partial charge in [0.2, 0.25) is 0 Å². The molecule has 4 nitrogen and oxygen atoms in total. The number of methoxy groups -OCH3 is 1. The summed E-state index contributed by atoms with van der Waals surface area (Å²) >= 11 is 0. The monoisotopic (exact) mass is 289 g/mol. The Balaban J connectivity index is 2.44. The maximum Gasteiger partial charge on any atom is 0.416 e. The first-order valence-electron chi connectivity index (χ1n) is 5.67. The van der Waals surface area contributed by atoms with Crippen LogP contribution in [0, 0.1) is 5.82 Å². The molecule has 0 aliphatic carbocycles. The summed E-state index contributed by atoms with van der Waals surface area (Å²) in [5.41, 5.74) is -1.18. The fraction of sp³-hybridized carbons (Fsp3) is 0.333. The molecule has 0 atom stereocenters. The van der Waals surface area contributed by atoms with Gasteiger partial charge in [-0.15, -0.1) is 10.2 Å². The molecule has 0 aliphatic heterocycles. The van der Waals surface area contributed by atoms with Crippen molar-refractivity contribution in [2.24, 2.45) is 0 Å². The molecule has 8 heteroatoms. The molecule has 0 N–H and O–H groups in total. The van der Waals surface area contributed by atoms with E-state index in [1.807, 2.05) is 0 Å². The summed E-state index contributed by atoms with van der Waals surface area (Å²) in [6.45, 7) is 0.625. The van der Waals surface area contributed by atoms with Gasteiger partial charge in [0.25, 0.3) is 0 Å². The average Bonchev–Trinajstić information content (AvgIpc) is 2.83. The number of ether oxygens (including phenoxy) is 1. The van der Waals surface area contributed by atoms with Crippen molar-refractivity contribution < 1.29 is 22.3 Å². The average molecular weight is 289 g/mol. The van der Waals surface area contributed by atoms with Gasteiger partial charge in [-0.1, -0.05) is 0 Å². The topological polar surface area (TPSA) is 39.9 Å². The van der Waals surface area contributed by atoms with Crippen LogP contribution in [0.5, 0.6) is 0 Å². The number of halogens is 4. The molecular formula is C12H11F4N3O. The second-order valence-electron chi connectivity index (χ2n) is 4.03. The first-order chi connectivity index (χ1) is 9.43. The third-order valence-corrected chi connectivity index (χ3v) is 2.69. The number of rotatable bonds is 4. The lowest BCUT2D eigenvalue weighted by molar-refractivity contribution is -0.137. The maximum atomic E-state index is 13.7. The molecule has 0 saturated carbocycles. The van der Waals surface area contributed by atoms with Gasteiger partial charge in [0.05, 0.1) is 17.7 Å². The predicted octanol–water partition coefficient (Wildman–Crippen LogP) is 2.75. The number of alkyl halides is 3. The lowest BCUT2D eigenvalue weighted by Crippen LogP contribution is -2.08. The van der Waals surface area contributed by atoms with Crippen LogP contribution in [-0.4, -0.2) is 28.5 Å². The Morgan fingerprint density at radius 2 is 2.05 bits per heavy atom. The van der Waals surface area contributed by atoms with Crippen LogP contribution in [0.15, 0.2) is 24.5 Å². The molecule has 1 aromatic heterocycles. The zero-order valence-electron chi connectivity index (χ0n) is 10.5. The van der Waals surface area contributed by atoms with Crippen LogP contribution in [0.3, 0.4) is 0 Å². The van der Waals surface area contributed by atoms with Gasteiger partial charge in [-0.25, -0.2) is 4.39 Å². The van der Waals surface area contributed by atoms with Crippen LogP contribution in [0.2, 0.25) is 0 Å². The standard InChI is InChI=1S/C12H11F4N3O/c1-20-5-4-19-7-17-18-11(19)9-6-8(12(14,15)16)2-3-10(9)13/h2-3,6-7H,4-5H2,1H3. The number of nitrogens with zero attached hydrogens (tertiary/aromatic N) is 3. The van der Waals surface area contributed by atoms with Crippen LogP contribution in [0.1, 0.15) is 5.56 Å². The zero-order valence-corrected chi connectivity index (χ0v) is 10.5. The molecule has 0 spiro atoms. The second kappa shape index (κ2) is 5.58. The van der Waals surface area contributed by atoms with Gasteiger partial charge in [-0.2, -0.15) is 13.2 Å². The Labute approximate surface area is 112 Å². The normalized spacial score (nSPS) is 11.8. The van der Waals surface area contributed by atoms with E-state index in [1.54, 1.807) is 0 Å². The molecule has 2 rings (SSSR count). The van der Waals surface area contributed by atoms with Gasteiger partial charge in [-0.3, -0.25) is 0 Å². The third-order valence-electron chi connectivity index (χ3n) is 2.69. The quantitative estimate of drug-likeness (QED) is 0.813. The Bertz CT molecular complexity index is 595. The molecule has 0 aliphatic rings. The Morgan fingerprint density at radius 3 is 2.70 bits per heavy atom. The molecule has 108 valence electrons. The molecule has 0 amide bonds. The summed E-state index contributed by atoms with van der Waals surface area (Å²) in [5, 5.41) is 7.27. The molecule has 20 heavy (non-hydrogen) atoms. The van der Waals surface area contributed by atoms with E-state index in [2.05, 4.69) is 10.2 Å². The van der Waals surface area contributed by atoms with Gasteiger partial charge < -0.3 is 9.30 Å². The highest BCUT2D eigenvalue weighted by Crippen LogP contribution is 2.32. The number of aromatic nitrogens is 3. The van der Waals surface area contributed by atoms with Crippen molar-refractivity contribution in [3.05, 3.63) is 35.9 Å². The van der Waals surface area contributed by atoms with Crippen LogP contribution in [-0.2, 0) is 17.5 Å². The zero-order chi connectivity index (χ0) is 14.8. The van der Waals surface area contributed by atoms with E-state index < -0.39 is 17.6 Å². The van der Waals surface area contributed by atoms with E-state index in [4.69, 9.17) is 4.74 Å². The van der Waals surface area contributed by atoms with Crippen LogP contribution in [0.25, 0.3) is 11.4 Å². The lowest BCUT2D eigenvalue weighted by Gasteiger charge is -2.10. The lowest BCUT2D eigenvalue weighted by atomic mass is 10.1. The number of hydrogen-bond donors (Lipinski definition) is 0. The van der Waals surface area contributed by atoms with E-state index >= 15 is 0 Å². The van der Waals surface area contributed by atoms with Crippen molar-refractivity contribution in [1.82, 2.24) is 14.8 Å². The van der Waals surface area contributed by atoms with Crippen LogP contribution < -0.4 is 0 Å². The molecule has 0 bridgehead atoms. The minimum atomic E-state index is -4.54. The molecule has 0 saturated heterocycles. The summed E-state index contributed by atoms with van der Waals surface area (Å²) < 4.78 is 58.0. The largest absolute Gasteiger partial charge is 0.416 e. The van der Waals surface area contributed by atoms with Crippen molar-refractivity contribution in [1.29, 1.82) is 0 Å². The summed E-state index contributed by atoms with van der Waals surface area (Å²) in [6, 6.07) is 2.19. The van der Waals surface area contributed by atoms with Crippen molar-refractivity contribution >= 4 is 0 Å². The molecule has 1 aromatic carbocycles. The summed E-state index contributed by atoms with van der Waals surface area (Å²) in [6.07, 6.45) is -3.23. The van der Waals surface area contributed by atoms with E-state index in [1.165, 1.54) is 18.0 Å². The molecular weight excluding hydrogens is 278 g/mol. The summed E-state index contributed by atoms with van der Waals surface area (Å²) in [7, 11) is 1.48. The van der Waals surface area contributed by atoms with E-state index in [0.29, 0.717) is 19.2 Å².